The zero-order valence-electron chi connectivity index (χ0n) is 20.2. The average molecular weight is 433 g/mol. The van der Waals surface area contributed by atoms with Gasteiger partial charge in [-0.25, -0.2) is 0 Å². The predicted octanol–water partition coefficient (Wildman–Crippen LogP) is 7.27. The van der Waals surface area contributed by atoms with Crippen LogP contribution in [0.5, 0.6) is 0 Å². The fourth-order valence-corrected chi connectivity index (χ4v) is 5.00. The monoisotopic (exact) mass is 432 g/mol. The molecule has 2 heterocycles. The van der Waals surface area contributed by atoms with Crippen LogP contribution in [0.3, 0.4) is 0 Å². The maximum Gasteiger partial charge on any atom is 0.0823 e. The minimum Gasteiger partial charge on any atom is -0.377 e. The Morgan fingerprint density at radius 2 is 1.47 bits per heavy atom. The molecule has 32 heavy (non-hydrogen) atoms. The molecule has 0 saturated heterocycles. The standard InChI is InChI=1S/C26H32N2O.C3H8/c1-3-24(21-6-4-19(5-7-21)20-10-14-27-15-11-20)23-8-9-26(29-2)25(18-23)22-12-16-28-17-13-22;1-3-2/h4,6-10,12,14-20,22,24-26H,3,5,11,13H2,1-2H3;3H2,1-2H3. The molecule has 6 unspecified atom stereocenters. The van der Waals surface area contributed by atoms with Gasteiger partial charge in [-0.3, -0.25) is 9.98 Å². The van der Waals surface area contributed by atoms with Crippen molar-refractivity contribution >= 4 is 12.4 Å². The second kappa shape index (κ2) is 12.7. The largest absolute Gasteiger partial charge is 0.377 e. The van der Waals surface area contributed by atoms with Gasteiger partial charge in [0.2, 0.25) is 0 Å². The van der Waals surface area contributed by atoms with Crippen molar-refractivity contribution in [3.8, 4) is 0 Å². The van der Waals surface area contributed by atoms with Crippen LogP contribution in [0.25, 0.3) is 0 Å². The molecule has 2 aliphatic carbocycles. The van der Waals surface area contributed by atoms with Crippen LogP contribution in [0.4, 0.5) is 0 Å². The van der Waals surface area contributed by atoms with Gasteiger partial charge in [-0.2, -0.15) is 0 Å². The number of hydrogen-bond donors (Lipinski definition) is 0. The van der Waals surface area contributed by atoms with Crippen LogP contribution in [-0.2, 0) is 4.74 Å². The summed E-state index contributed by atoms with van der Waals surface area (Å²) in [6, 6.07) is 0. The summed E-state index contributed by atoms with van der Waals surface area (Å²) in [4.78, 5) is 8.46. The Morgan fingerprint density at radius 1 is 0.844 bits per heavy atom. The van der Waals surface area contributed by atoms with Crippen molar-refractivity contribution in [2.24, 2.45) is 39.6 Å². The van der Waals surface area contributed by atoms with Crippen LogP contribution in [0.1, 0.15) is 52.9 Å². The van der Waals surface area contributed by atoms with Crippen LogP contribution < -0.4 is 0 Å². The molecule has 0 saturated carbocycles. The molecule has 3 heteroatoms. The van der Waals surface area contributed by atoms with E-state index in [-0.39, 0.29) is 6.10 Å². The summed E-state index contributed by atoms with van der Waals surface area (Å²) in [5.41, 5.74) is 2.89. The van der Waals surface area contributed by atoms with Crippen LogP contribution in [0, 0.1) is 29.6 Å². The van der Waals surface area contributed by atoms with Crippen LogP contribution in [-0.4, -0.2) is 25.6 Å². The molecule has 0 aromatic carbocycles. The van der Waals surface area contributed by atoms with Gasteiger partial charge >= 0.3 is 0 Å². The summed E-state index contributed by atoms with van der Waals surface area (Å²) >= 11 is 0. The van der Waals surface area contributed by atoms with E-state index in [0.29, 0.717) is 29.6 Å². The highest BCUT2D eigenvalue weighted by Crippen LogP contribution is 2.38. The second-order valence-corrected chi connectivity index (χ2v) is 9.08. The molecule has 2 aliphatic heterocycles. The van der Waals surface area contributed by atoms with Gasteiger partial charge in [0.25, 0.3) is 0 Å². The summed E-state index contributed by atoms with van der Waals surface area (Å²) in [7, 11) is 1.82. The fourth-order valence-electron chi connectivity index (χ4n) is 5.00. The van der Waals surface area contributed by atoms with E-state index in [4.69, 9.17) is 4.74 Å². The normalized spacial score (nSPS) is 31.6. The third-order valence-electron chi connectivity index (χ3n) is 6.74. The maximum atomic E-state index is 5.79. The van der Waals surface area contributed by atoms with Crippen molar-refractivity contribution in [2.75, 3.05) is 7.11 Å². The van der Waals surface area contributed by atoms with Crippen LogP contribution in [0.15, 0.2) is 82.1 Å². The van der Waals surface area contributed by atoms with Crippen molar-refractivity contribution in [1.82, 2.24) is 0 Å². The summed E-state index contributed by atoms with van der Waals surface area (Å²) in [5.74, 6) is 2.45. The molecule has 0 radical (unpaired) electrons. The highest BCUT2D eigenvalue weighted by atomic mass is 16.5. The first-order valence-corrected chi connectivity index (χ1v) is 12.4. The lowest BCUT2D eigenvalue weighted by Crippen LogP contribution is -2.29. The first-order chi connectivity index (χ1) is 15.7. The minimum atomic E-state index is 0.136. The Hall–Kier alpha value is -2.26. The third-order valence-corrected chi connectivity index (χ3v) is 6.74. The number of nitrogens with zero attached hydrogens (tertiary/aromatic N) is 2. The quantitative estimate of drug-likeness (QED) is 0.434. The van der Waals surface area contributed by atoms with Crippen molar-refractivity contribution < 1.29 is 4.74 Å². The minimum absolute atomic E-state index is 0.136. The molecule has 4 aliphatic rings. The van der Waals surface area contributed by atoms with Gasteiger partial charge in [0.15, 0.2) is 0 Å². The molecule has 172 valence electrons. The average Bonchev–Trinajstić information content (AvgIpc) is 2.86. The van der Waals surface area contributed by atoms with E-state index in [1.165, 1.54) is 17.6 Å². The second-order valence-electron chi connectivity index (χ2n) is 9.08. The molecule has 4 rings (SSSR count). The topological polar surface area (TPSA) is 34.0 Å². The number of methoxy groups -OCH3 is 1. The van der Waals surface area contributed by atoms with Crippen LogP contribution in [0.2, 0.25) is 0 Å². The zero-order chi connectivity index (χ0) is 22.8. The van der Waals surface area contributed by atoms with Crippen molar-refractivity contribution in [1.29, 1.82) is 0 Å². The first-order valence-electron chi connectivity index (χ1n) is 12.4. The molecule has 0 bridgehead atoms. The van der Waals surface area contributed by atoms with Gasteiger partial charge in [-0.15, -0.1) is 0 Å². The lowest BCUT2D eigenvalue weighted by molar-refractivity contribution is 0.0901. The first kappa shape index (κ1) is 24.4. The molecule has 6 atom stereocenters. The van der Waals surface area contributed by atoms with Crippen molar-refractivity contribution in [3.05, 3.63) is 72.2 Å². The summed E-state index contributed by atoms with van der Waals surface area (Å²) < 4.78 is 5.79. The van der Waals surface area contributed by atoms with E-state index in [2.05, 4.69) is 79.4 Å². The Balaban J connectivity index is 0.000000913. The van der Waals surface area contributed by atoms with Crippen molar-refractivity contribution in [2.45, 2.75) is 59.0 Å². The molecule has 0 fully saturated rings. The van der Waals surface area contributed by atoms with Crippen molar-refractivity contribution in [3.63, 3.8) is 0 Å². The number of rotatable bonds is 6. The molecule has 0 amide bonds. The Labute approximate surface area is 195 Å². The smallest absolute Gasteiger partial charge is 0.0823 e. The molecular formula is C29H40N2O. The highest BCUT2D eigenvalue weighted by Gasteiger charge is 2.30. The molecule has 0 aromatic rings. The van der Waals surface area contributed by atoms with E-state index in [0.717, 1.165) is 25.7 Å². The number of allylic oxidation sites excluding steroid dienone is 8. The van der Waals surface area contributed by atoms with Gasteiger partial charge in [0.05, 0.1) is 6.10 Å². The summed E-state index contributed by atoms with van der Waals surface area (Å²) in [6.07, 6.45) is 32.4. The number of aliphatic imine (C=N–C) groups is 2. The molecular weight excluding hydrogens is 392 g/mol. The van der Waals surface area contributed by atoms with Gasteiger partial charge in [0.1, 0.15) is 0 Å². The Bertz CT molecular complexity index is 839. The maximum absolute atomic E-state index is 5.79. The third kappa shape index (κ3) is 6.16. The van der Waals surface area contributed by atoms with Crippen LogP contribution >= 0.6 is 0 Å². The van der Waals surface area contributed by atoms with E-state index >= 15 is 0 Å². The number of hydrogen-bond acceptors (Lipinski definition) is 3. The van der Waals surface area contributed by atoms with E-state index in [1.54, 1.807) is 0 Å². The summed E-state index contributed by atoms with van der Waals surface area (Å²) in [6.45, 7) is 6.55. The predicted molar refractivity (Wildman–Crippen MR) is 138 cm³/mol. The van der Waals surface area contributed by atoms with E-state index in [1.807, 2.05) is 31.9 Å². The molecule has 0 aromatic heterocycles. The lowest BCUT2D eigenvalue weighted by atomic mass is 9.75. The Morgan fingerprint density at radius 3 is 2.00 bits per heavy atom. The summed E-state index contributed by atoms with van der Waals surface area (Å²) in [5, 5.41) is 0. The van der Waals surface area contributed by atoms with Gasteiger partial charge in [0, 0.05) is 43.8 Å². The lowest BCUT2D eigenvalue weighted by Gasteiger charge is -2.33. The van der Waals surface area contributed by atoms with Gasteiger partial charge in [-0.05, 0) is 54.6 Å². The Kier molecular flexibility index (Phi) is 9.67. The number of ether oxygens (including phenoxy) is 1. The van der Waals surface area contributed by atoms with Gasteiger partial charge < -0.3 is 4.74 Å². The van der Waals surface area contributed by atoms with E-state index < -0.39 is 0 Å². The SMILES string of the molecule is CCC.CCC(C1=CCC(C2C=CN=CC2)C=C1)C1=CC(C2C=CN=CC2)C(OC)C=C1. The molecule has 0 N–H and O–H groups in total. The zero-order valence-corrected chi connectivity index (χ0v) is 20.2. The fraction of sp³-hybridized carbons (Fsp3) is 0.517. The molecule has 3 nitrogen and oxygen atoms in total. The molecule has 0 spiro atoms. The van der Waals surface area contributed by atoms with E-state index in [9.17, 15) is 0 Å². The highest BCUT2D eigenvalue weighted by molar-refractivity contribution is 5.61. The van der Waals surface area contributed by atoms with Gasteiger partial charge in [-0.1, -0.05) is 75.8 Å².